The smallest absolute Gasteiger partial charge is 0.222 e. The van der Waals surface area contributed by atoms with E-state index >= 15 is 0 Å². The van der Waals surface area contributed by atoms with Crippen LogP contribution >= 0.6 is 0 Å². The van der Waals surface area contributed by atoms with Crippen LogP contribution in [0, 0.1) is 29.1 Å². The van der Waals surface area contributed by atoms with Gasteiger partial charge in [0.25, 0.3) is 0 Å². The normalized spacial score (nSPS) is 29.9. The van der Waals surface area contributed by atoms with Crippen molar-refractivity contribution in [2.75, 3.05) is 13.6 Å². The van der Waals surface area contributed by atoms with E-state index in [0.717, 1.165) is 6.54 Å². The van der Waals surface area contributed by atoms with Gasteiger partial charge in [0.05, 0.1) is 12.0 Å². The van der Waals surface area contributed by atoms with E-state index in [1.165, 1.54) is 19.3 Å². The summed E-state index contributed by atoms with van der Waals surface area (Å²) in [6.45, 7) is 0.785. The van der Waals surface area contributed by atoms with Gasteiger partial charge in [0.2, 0.25) is 5.91 Å². The summed E-state index contributed by atoms with van der Waals surface area (Å²) in [5.41, 5.74) is 0. The highest BCUT2D eigenvalue weighted by Crippen LogP contribution is 2.39. The summed E-state index contributed by atoms with van der Waals surface area (Å²) in [5, 5.41) is 9.11. The molecule has 0 N–H and O–H groups in total. The zero-order valence-corrected chi connectivity index (χ0v) is 8.57. The predicted octanol–water partition coefficient (Wildman–Crippen LogP) is 1.40. The van der Waals surface area contributed by atoms with Gasteiger partial charge in [-0.15, -0.1) is 0 Å². The number of carbonyl (C=O) groups excluding carboxylic acids is 1. The molecular formula is C11H16N2O. The number of nitrogens with zero attached hydrogens (tertiary/aromatic N) is 2. The number of amides is 1. The first kappa shape index (κ1) is 9.51. The van der Waals surface area contributed by atoms with Crippen LogP contribution in [-0.2, 0) is 4.79 Å². The van der Waals surface area contributed by atoms with Gasteiger partial charge in [-0.3, -0.25) is 4.79 Å². The molecule has 2 aliphatic rings. The van der Waals surface area contributed by atoms with Crippen LogP contribution in [0.1, 0.15) is 25.7 Å². The molecule has 1 aliphatic heterocycles. The second kappa shape index (κ2) is 3.61. The second-order valence-corrected chi connectivity index (χ2v) is 4.58. The van der Waals surface area contributed by atoms with E-state index in [1.807, 2.05) is 7.05 Å². The summed E-state index contributed by atoms with van der Waals surface area (Å²) < 4.78 is 0. The maximum atomic E-state index is 11.4. The van der Waals surface area contributed by atoms with Gasteiger partial charge < -0.3 is 4.90 Å². The van der Waals surface area contributed by atoms with E-state index in [2.05, 4.69) is 6.07 Å². The van der Waals surface area contributed by atoms with Crippen LogP contribution in [0.25, 0.3) is 0 Å². The molecule has 14 heavy (non-hydrogen) atoms. The lowest BCUT2D eigenvalue weighted by Crippen LogP contribution is -2.29. The van der Waals surface area contributed by atoms with Crippen LogP contribution in [-0.4, -0.2) is 24.4 Å². The molecule has 0 aromatic carbocycles. The molecule has 2 unspecified atom stereocenters. The van der Waals surface area contributed by atoms with Crippen molar-refractivity contribution in [2.24, 2.45) is 17.8 Å². The number of carbonyl (C=O) groups is 1. The van der Waals surface area contributed by atoms with Crippen LogP contribution in [0.15, 0.2) is 0 Å². The lowest BCUT2D eigenvalue weighted by Gasteiger charge is -2.32. The van der Waals surface area contributed by atoms with Crippen LogP contribution < -0.4 is 0 Å². The van der Waals surface area contributed by atoms with Crippen molar-refractivity contribution in [3.63, 3.8) is 0 Å². The summed E-state index contributed by atoms with van der Waals surface area (Å²) in [4.78, 5) is 13.1. The molecule has 2 rings (SSSR count). The van der Waals surface area contributed by atoms with E-state index in [9.17, 15) is 4.79 Å². The fraction of sp³-hybridized carbons (Fsp3) is 0.818. The van der Waals surface area contributed by atoms with Crippen LogP contribution in [0.4, 0.5) is 0 Å². The second-order valence-electron chi connectivity index (χ2n) is 4.58. The molecule has 0 aromatic rings. The molecule has 2 atom stereocenters. The van der Waals surface area contributed by atoms with Crippen molar-refractivity contribution in [3.05, 3.63) is 0 Å². The molecule has 3 nitrogen and oxygen atoms in total. The van der Waals surface area contributed by atoms with Crippen molar-refractivity contribution in [3.8, 4) is 6.07 Å². The Morgan fingerprint density at radius 2 is 2.21 bits per heavy atom. The van der Waals surface area contributed by atoms with E-state index in [0.29, 0.717) is 18.3 Å². The fourth-order valence-corrected chi connectivity index (χ4v) is 2.53. The Bertz CT molecular complexity index is 278. The molecule has 1 saturated carbocycles. The van der Waals surface area contributed by atoms with Crippen molar-refractivity contribution in [1.29, 1.82) is 5.26 Å². The molecule has 0 spiro atoms. The Balaban J connectivity index is 1.99. The van der Waals surface area contributed by atoms with Gasteiger partial charge in [-0.2, -0.15) is 5.26 Å². The summed E-state index contributed by atoms with van der Waals surface area (Å²) in [5.74, 6) is 1.19. The zero-order valence-electron chi connectivity index (χ0n) is 8.57. The van der Waals surface area contributed by atoms with Gasteiger partial charge in [0.15, 0.2) is 0 Å². The van der Waals surface area contributed by atoms with Crippen molar-refractivity contribution >= 4 is 5.91 Å². The van der Waals surface area contributed by atoms with Crippen molar-refractivity contribution in [1.82, 2.24) is 4.90 Å². The standard InChI is InChI=1S/C11H16N2O/c1-13-7-9(5-11(13)14)10(6-12)8-3-2-4-8/h8-10H,2-5,7H2,1H3. The van der Waals surface area contributed by atoms with Gasteiger partial charge in [-0.1, -0.05) is 6.42 Å². The Morgan fingerprint density at radius 3 is 2.57 bits per heavy atom. The third-order valence-electron chi connectivity index (χ3n) is 3.69. The van der Waals surface area contributed by atoms with E-state index in [1.54, 1.807) is 4.90 Å². The molecule has 1 aliphatic carbocycles. The maximum absolute atomic E-state index is 11.4. The van der Waals surface area contributed by atoms with Crippen LogP contribution in [0.3, 0.4) is 0 Å². The van der Waals surface area contributed by atoms with Crippen LogP contribution in [0.2, 0.25) is 0 Å². The van der Waals surface area contributed by atoms with Gasteiger partial charge in [-0.05, 0) is 18.8 Å². The van der Waals surface area contributed by atoms with Gasteiger partial charge in [0, 0.05) is 25.9 Å². The van der Waals surface area contributed by atoms with Crippen molar-refractivity contribution < 1.29 is 4.79 Å². The summed E-state index contributed by atoms with van der Waals surface area (Å²) in [7, 11) is 1.83. The molecule has 1 saturated heterocycles. The molecule has 0 aromatic heterocycles. The molecule has 2 fully saturated rings. The number of hydrogen-bond donors (Lipinski definition) is 0. The van der Waals surface area contributed by atoms with Gasteiger partial charge >= 0.3 is 0 Å². The molecule has 0 radical (unpaired) electrons. The predicted molar refractivity (Wildman–Crippen MR) is 52.2 cm³/mol. The first-order chi connectivity index (χ1) is 6.72. The minimum atomic E-state index is 0.123. The largest absolute Gasteiger partial charge is 0.345 e. The number of rotatable bonds is 2. The number of likely N-dealkylation sites (tertiary alicyclic amines) is 1. The minimum Gasteiger partial charge on any atom is -0.345 e. The zero-order chi connectivity index (χ0) is 10.1. The average molecular weight is 192 g/mol. The van der Waals surface area contributed by atoms with Crippen LogP contribution in [0.5, 0.6) is 0 Å². The highest BCUT2D eigenvalue weighted by atomic mass is 16.2. The Morgan fingerprint density at radius 1 is 1.50 bits per heavy atom. The van der Waals surface area contributed by atoms with Gasteiger partial charge in [0.1, 0.15) is 0 Å². The van der Waals surface area contributed by atoms with E-state index < -0.39 is 0 Å². The SMILES string of the molecule is CN1CC(C(C#N)C2CCC2)CC1=O. The monoisotopic (exact) mass is 192 g/mol. The third-order valence-corrected chi connectivity index (χ3v) is 3.69. The molecular weight excluding hydrogens is 176 g/mol. The van der Waals surface area contributed by atoms with E-state index in [-0.39, 0.29) is 11.8 Å². The molecule has 1 heterocycles. The quantitative estimate of drug-likeness (QED) is 0.664. The highest BCUT2D eigenvalue weighted by Gasteiger charge is 2.38. The lowest BCUT2D eigenvalue weighted by molar-refractivity contribution is -0.126. The number of nitriles is 1. The topological polar surface area (TPSA) is 44.1 Å². The first-order valence-electron chi connectivity index (χ1n) is 5.36. The Kier molecular flexibility index (Phi) is 2.45. The molecule has 0 bridgehead atoms. The molecule has 1 amide bonds. The van der Waals surface area contributed by atoms with Gasteiger partial charge in [-0.25, -0.2) is 0 Å². The summed E-state index contributed by atoms with van der Waals surface area (Å²) in [6.07, 6.45) is 4.23. The first-order valence-corrected chi connectivity index (χ1v) is 5.36. The van der Waals surface area contributed by atoms with Crippen molar-refractivity contribution in [2.45, 2.75) is 25.7 Å². The Hall–Kier alpha value is -1.04. The maximum Gasteiger partial charge on any atom is 0.222 e. The Labute approximate surface area is 84.7 Å². The fourth-order valence-electron chi connectivity index (χ4n) is 2.53. The lowest BCUT2D eigenvalue weighted by atomic mass is 9.71. The molecule has 76 valence electrons. The highest BCUT2D eigenvalue weighted by molar-refractivity contribution is 5.78. The number of hydrogen-bond acceptors (Lipinski definition) is 2. The van der Waals surface area contributed by atoms with E-state index in [4.69, 9.17) is 5.26 Å². The third kappa shape index (κ3) is 1.50. The summed E-state index contributed by atoms with van der Waals surface area (Å²) >= 11 is 0. The minimum absolute atomic E-state index is 0.123. The average Bonchev–Trinajstić information content (AvgIpc) is 2.39. The summed E-state index contributed by atoms with van der Waals surface area (Å²) in [6, 6.07) is 2.41. The molecule has 3 heteroatoms.